The van der Waals surface area contributed by atoms with Gasteiger partial charge in [0.15, 0.2) is 0 Å². The molecule has 0 aliphatic carbocycles. The molecule has 1 saturated heterocycles. The first kappa shape index (κ1) is 12.8. The predicted molar refractivity (Wildman–Crippen MR) is 55.9 cm³/mol. The Labute approximate surface area is 97.9 Å². The van der Waals surface area contributed by atoms with E-state index < -0.39 is 12.0 Å². The molecular weight excluding hydrogens is 236 g/mol. The number of methoxy groups -OCH3 is 1. The maximum absolute atomic E-state index is 11.5. The monoisotopic (exact) mass is 248 g/mol. The molecule has 0 spiro atoms. The van der Waals surface area contributed by atoms with Gasteiger partial charge in [-0.2, -0.15) is 0 Å². The summed E-state index contributed by atoms with van der Waals surface area (Å²) in [5, 5.41) is 2.59. The molecule has 0 radical (unpaired) electrons. The number of rotatable bonds is 3. The summed E-state index contributed by atoms with van der Waals surface area (Å²) in [5.74, 6) is -1.44. The van der Waals surface area contributed by atoms with Crippen LogP contribution >= 0.6 is 11.6 Å². The molecule has 90 valence electrons. The smallest absolute Gasteiger partial charge is 0.308 e. The van der Waals surface area contributed by atoms with E-state index in [1.54, 1.807) is 0 Å². The Balaban J connectivity index is 2.75. The number of hydrogen-bond donors (Lipinski definition) is 1. The van der Waals surface area contributed by atoms with E-state index in [9.17, 15) is 14.4 Å². The van der Waals surface area contributed by atoms with Gasteiger partial charge in [-0.05, 0) is 0 Å². The summed E-state index contributed by atoms with van der Waals surface area (Å²) in [6.45, 7) is 0.734. The van der Waals surface area contributed by atoms with E-state index in [1.807, 2.05) is 0 Å². The normalized spacial score (nSPS) is 20.2. The second-order valence-corrected chi connectivity index (χ2v) is 3.58. The number of halogens is 1. The van der Waals surface area contributed by atoms with E-state index in [0.29, 0.717) is 13.1 Å². The van der Waals surface area contributed by atoms with E-state index in [0.717, 1.165) is 0 Å². The first-order valence-corrected chi connectivity index (χ1v) is 5.33. The van der Waals surface area contributed by atoms with Crippen molar-refractivity contribution < 1.29 is 19.1 Å². The summed E-state index contributed by atoms with van der Waals surface area (Å²) in [6, 6.07) is -0.813. The number of carbonyl (C=O) groups is 3. The zero-order valence-corrected chi connectivity index (χ0v) is 9.62. The van der Waals surface area contributed by atoms with Crippen LogP contribution in [-0.2, 0) is 19.1 Å². The number of nitrogens with one attached hydrogen (secondary N) is 1. The lowest BCUT2D eigenvalue weighted by Crippen LogP contribution is -2.58. The largest absolute Gasteiger partial charge is 0.469 e. The number of amides is 2. The summed E-state index contributed by atoms with van der Waals surface area (Å²) in [5.41, 5.74) is 0. The van der Waals surface area contributed by atoms with Gasteiger partial charge in [-0.15, -0.1) is 11.6 Å². The molecule has 0 aromatic rings. The summed E-state index contributed by atoms with van der Waals surface area (Å²) in [6.07, 6.45) is -0.148. The Bertz CT molecular complexity index is 308. The number of esters is 1. The van der Waals surface area contributed by atoms with Crippen molar-refractivity contribution in [3.8, 4) is 0 Å². The lowest BCUT2D eigenvalue weighted by molar-refractivity contribution is -0.149. The van der Waals surface area contributed by atoms with Gasteiger partial charge >= 0.3 is 5.97 Å². The molecule has 1 N–H and O–H groups in total. The number of hydrogen-bond acceptors (Lipinski definition) is 4. The van der Waals surface area contributed by atoms with E-state index in [2.05, 4.69) is 10.1 Å². The van der Waals surface area contributed by atoms with Crippen LogP contribution in [0.25, 0.3) is 0 Å². The van der Waals surface area contributed by atoms with Crippen LogP contribution in [0.15, 0.2) is 0 Å². The van der Waals surface area contributed by atoms with Crippen LogP contribution in [0.4, 0.5) is 0 Å². The lowest BCUT2D eigenvalue weighted by atomic mass is 10.1. The molecule has 1 aliphatic rings. The number of alkyl halides is 1. The van der Waals surface area contributed by atoms with Gasteiger partial charge in [0.1, 0.15) is 11.9 Å². The average molecular weight is 249 g/mol. The molecule has 6 nitrogen and oxygen atoms in total. The topological polar surface area (TPSA) is 75.7 Å². The number of ether oxygens (including phenoxy) is 1. The molecule has 0 saturated carbocycles. The van der Waals surface area contributed by atoms with Gasteiger partial charge < -0.3 is 15.0 Å². The summed E-state index contributed by atoms with van der Waals surface area (Å²) in [4.78, 5) is 35.4. The fraction of sp³-hybridized carbons (Fsp3) is 0.667. The Morgan fingerprint density at radius 2 is 2.31 bits per heavy atom. The Hall–Kier alpha value is -1.30. The van der Waals surface area contributed by atoms with Crippen LogP contribution in [-0.4, -0.2) is 54.8 Å². The first-order chi connectivity index (χ1) is 7.60. The molecule has 0 unspecified atom stereocenters. The van der Waals surface area contributed by atoms with Crippen LogP contribution in [0.5, 0.6) is 0 Å². The molecule has 1 atom stereocenters. The van der Waals surface area contributed by atoms with Gasteiger partial charge in [-0.25, -0.2) is 0 Å². The van der Waals surface area contributed by atoms with Crippen molar-refractivity contribution in [2.75, 3.05) is 26.1 Å². The quantitative estimate of drug-likeness (QED) is 0.520. The van der Waals surface area contributed by atoms with Crippen LogP contribution in [0, 0.1) is 0 Å². The average Bonchev–Trinajstić information content (AvgIpc) is 2.30. The Morgan fingerprint density at radius 3 is 2.88 bits per heavy atom. The summed E-state index contributed by atoms with van der Waals surface area (Å²) in [7, 11) is 1.23. The molecule has 0 aromatic heterocycles. The Kier molecular flexibility index (Phi) is 4.54. The van der Waals surface area contributed by atoms with Crippen molar-refractivity contribution >= 4 is 29.4 Å². The van der Waals surface area contributed by atoms with Gasteiger partial charge in [-0.3, -0.25) is 14.4 Å². The standard InChI is InChI=1S/C9H13ClN2O4/c1-16-8(14)4-6-9(15)11-2-3-12(6)7(13)5-10/h6H,2-5H2,1H3,(H,11,15)/t6-/m0/s1. The number of carbonyl (C=O) groups excluding carboxylic acids is 3. The minimum atomic E-state index is -0.813. The molecule has 7 heteroatoms. The number of piperazine rings is 1. The zero-order valence-electron chi connectivity index (χ0n) is 8.86. The maximum Gasteiger partial charge on any atom is 0.308 e. The maximum atomic E-state index is 11.5. The molecule has 1 heterocycles. The van der Waals surface area contributed by atoms with Crippen molar-refractivity contribution in [1.29, 1.82) is 0 Å². The predicted octanol–water partition coefficient (Wildman–Crippen LogP) is -0.885. The highest BCUT2D eigenvalue weighted by Gasteiger charge is 2.34. The molecule has 0 bridgehead atoms. The van der Waals surface area contributed by atoms with Crippen LogP contribution < -0.4 is 5.32 Å². The lowest BCUT2D eigenvalue weighted by Gasteiger charge is -2.34. The van der Waals surface area contributed by atoms with Crippen LogP contribution in [0.2, 0.25) is 0 Å². The summed E-state index contributed by atoms with van der Waals surface area (Å²) >= 11 is 5.43. The fourth-order valence-electron chi connectivity index (χ4n) is 1.53. The molecule has 16 heavy (non-hydrogen) atoms. The molecule has 2 amide bonds. The van der Waals surface area contributed by atoms with Crippen molar-refractivity contribution in [3.63, 3.8) is 0 Å². The molecule has 1 fully saturated rings. The molecule has 1 rings (SSSR count). The second kappa shape index (κ2) is 5.69. The fourth-order valence-corrected chi connectivity index (χ4v) is 1.69. The zero-order chi connectivity index (χ0) is 12.1. The van der Waals surface area contributed by atoms with Crippen molar-refractivity contribution in [3.05, 3.63) is 0 Å². The van der Waals surface area contributed by atoms with E-state index >= 15 is 0 Å². The van der Waals surface area contributed by atoms with Crippen molar-refractivity contribution in [2.24, 2.45) is 0 Å². The third-order valence-corrected chi connectivity index (χ3v) is 2.58. The Morgan fingerprint density at radius 1 is 1.62 bits per heavy atom. The van der Waals surface area contributed by atoms with Crippen LogP contribution in [0.3, 0.4) is 0 Å². The third-order valence-electron chi connectivity index (χ3n) is 2.35. The second-order valence-electron chi connectivity index (χ2n) is 3.31. The molecule has 0 aromatic carbocycles. The van der Waals surface area contributed by atoms with Gasteiger partial charge in [0.25, 0.3) is 0 Å². The highest BCUT2D eigenvalue weighted by molar-refractivity contribution is 6.27. The third kappa shape index (κ3) is 2.85. The van der Waals surface area contributed by atoms with E-state index in [1.165, 1.54) is 12.0 Å². The first-order valence-electron chi connectivity index (χ1n) is 4.80. The minimum Gasteiger partial charge on any atom is -0.469 e. The van der Waals surface area contributed by atoms with Gasteiger partial charge in [0.05, 0.1) is 13.5 Å². The van der Waals surface area contributed by atoms with Gasteiger partial charge in [0.2, 0.25) is 11.8 Å². The van der Waals surface area contributed by atoms with Crippen molar-refractivity contribution in [2.45, 2.75) is 12.5 Å². The minimum absolute atomic E-state index is 0.148. The van der Waals surface area contributed by atoms with E-state index in [4.69, 9.17) is 11.6 Å². The molecular formula is C9H13ClN2O4. The SMILES string of the molecule is COC(=O)C[C@H]1C(=O)NCCN1C(=O)CCl. The van der Waals surface area contributed by atoms with Crippen LogP contribution in [0.1, 0.15) is 6.42 Å². The summed E-state index contributed by atoms with van der Waals surface area (Å²) < 4.78 is 4.47. The highest BCUT2D eigenvalue weighted by Crippen LogP contribution is 2.10. The van der Waals surface area contributed by atoms with E-state index in [-0.39, 0.29) is 24.1 Å². The van der Waals surface area contributed by atoms with Gasteiger partial charge in [0, 0.05) is 13.1 Å². The van der Waals surface area contributed by atoms with Gasteiger partial charge in [-0.1, -0.05) is 0 Å². The van der Waals surface area contributed by atoms with Crippen molar-refractivity contribution in [1.82, 2.24) is 10.2 Å². The molecule has 1 aliphatic heterocycles. The number of nitrogens with zero attached hydrogens (tertiary/aromatic N) is 1. The highest BCUT2D eigenvalue weighted by atomic mass is 35.5.